The predicted octanol–water partition coefficient (Wildman–Crippen LogP) is 8.23. The van der Waals surface area contributed by atoms with E-state index in [9.17, 15) is 19.5 Å². The van der Waals surface area contributed by atoms with E-state index in [1.54, 1.807) is 36.9 Å². The van der Waals surface area contributed by atoms with Crippen molar-refractivity contribution in [1.82, 2.24) is 0 Å². The summed E-state index contributed by atoms with van der Waals surface area (Å²) >= 11 is 1.76. The lowest BCUT2D eigenvalue weighted by atomic mass is 9.97. The van der Waals surface area contributed by atoms with E-state index in [0.717, 1.165) is 17.7 Å². The zero-order valence-electron chi connectivity index (χ0n) is 28.5. The van der Waals surface area contributed by atoms with Crippen LogP contribution in [0.4, 0.5) is 5.69 Å². The third kappa shape index (κ3) is 12.9. The Hall–Kier alpha value is -3.43. The predicted molar refractivity (Wildman–Crippen MR) is 192 cm³/mol. The van der Waals surface area contributed by atoms with Gasteiger partial charge in [-0.3, -0.25) is 9.59 Å². The fourth-order valence-corrected chi connectivity index (χ4v) is 6.24. The third-order valence-electron chi connectivity index (χ3n) is 7.99. The number of rotatable bonds is 21. The van der Waals surface area contributed by atoms with E-state index in [0.29, 0.717) is 22.7 Å². The molecule has 8 nitrogen and oxygen atoms in total. The highest BCUT2D eigenvalue weighted by atomic mass is 32.2. The minimum Gasteiger partial charge on any atom is -0.462 e. The van der Waals surface area contributed by atoms with Crippen molar-refractivity contribution in [2.24, 2.45) is 10.5 Å². The normalized spacial score (nSPS) is 14.7. The Morgan fingerprint density at radius 2 is 1.49 bits per heavy atom. The molecule has 256 valence electrons. The fourth-order valence-electron chi connectivity index (χ4n) is 5.06. The Bertz CT molecular complexity index is 1340. The first kappa shape index (κ1) is 38.0. The summed E-state index contributed by atoms with van der Waals surface area (Å²) in [6, 6.07) is 15.9. The number of benzene rings is 2. The molecule has 0 aromatic heterocycles. The van der Waals surface area contributed by atoms with Gasteiger partial charge in [0.1, 0.15) is 19.3 Å². The first-order valence-electron chi connectivity index (χ1n) is 17.0. The van der Waals surface area contributed by atoms with Crippen molar-refractivity contribution in [2.45, 2.75) is 98.0 Å². The van der Waals surface area contributed by atoms with Crippen LogP contribution in [-0.2, 0) is 19.1 Å². The van der Waals surface area contributed by atoms with Crippen LogP contribution in [0.5, 0.6) is 0 Å². The number of hydrogen-bond acceptors (Lipinski definition) is 8. The Morgan fingerprint density at radius 3 is 2.13 bits per heavy atom. The van der Waals surface area contributed by atoms with Crippen LogP contribution in [0.3, 0.4) is 0 Å². The van der Waals surface area contributed by atoms with Gasteiger partial charge in [-0.25, -0.2) is 4.79 Å². The van der Waals surface area contributed by atoms with Crippen molar-refractivity contribution in [3.8, 4) is 0 Å². The lowest BCUT2D eigenvalue weighted by Gasteiger charge is -2.23. The highest BCUT2D eigenvalue weighted by molar-refractivity contribution is 7.99. The molecule has 2 aromatic rings. The summed E-state index contributed by atoms with van der Waals surface area (Å²) in [4.78, 5) is 38.3. The molecule has 3 rings (SSSR count). The van der Waals surface area contributed by atoms with Crippen LogP contribution in [-0.4, -0.2) is 59.5 Å². The molecule has 1 aliphatic rings. The quantitative estimate of drug-likeness (QED) is 0.0814. The van der Waals surface area contributed by atoms with Gasteiger partial charge in [-0.05, 0) is 68.8 Å². The molecule has 0 saturated carbocycles. The van der Waals surface area contributed by atoms with Gasteiger partial charge in [-0.15, -0.1) is 0 Å². The summed E-state index contributed by atoms with van der Waals surface area (Å²) in [5.74, 6) is 0.381. The Kier molecular flexibility index (Phi) is 16.2. The SMILES string of the molecule is CCCCCCCCCCCCSCC(C)(C)C(=O)OCC(O)COC(=O)c1ccc(N2N=C(C)/C(=C/c3ccccc3)C2=O)cc1. The molecule has 1 amide bonds. The molecule has 9 heteroatoms. The van der Waals surface area contributed by atoms with Gasteiger partial charge in [-0.2, -0.15) is 21.9 Å². The molecule has 1 atom stereocenters. The summed E-state index contributed by atoms with van der Waals surface area (Å²) in [6.45, 7) is 7.14. The van der Waals surface area contributed by atoms with E-state index in [4.69, 9.17) is 9.47 Å². The number of amides is 1. The van der Waals surface area contributed by atoms with Gasteiger partial charge in [0.15, 0.2) is 0 Å². The number of carbonyl (C=O) groups excluding carboxylic acids is 3. The van der Waals surface area contributed by atoms with Crippen LogP contribution >= 0.6 is 11.8 Å². The van der Waals surface area contributed by atoms with E-state index in [-0.39, 0.29) is 30.7 Å². The summed E-state index contributed by atoms with van der Waals surface area (Å²) in [7, 11) is 0. The van der Waals surface area contributed by atoms with Gasteiger partial charge >= 0.3 is 11.9 Å². The zero-order chi connectivity index (χ0) is 34.1. The number of aliphatic hydroxyl groups excluding tert-OH is 1. The molecule has 1 N–H and O–H groups in total. The van der Waals surface area contributed by atoms with Crippen molar-refractivity contribution in [3.05, 3.63) is 71.3 Å². The van der Waals surface area contributed by atoms with E-state index in [1.807, 2.05) is 44.2 Å². The number of nitrogens with zero attached hydrogens (tertiary/aromatic N) is 2. The molecule has 1 unspecified atom stereocenters. The summed E-state index contributed by atoms with van der Waals surface area (Å²) in [5, 5.41) is 16.0. The van der Waals surface area contributed by atoms with E-state index in [1.165, 1.54) is 74.9 Å². The van der Waals surface area contributed by atoms with Crippen LogP contribution in [0.25, 0.3) is 6.08 Å². The van der Waals surface area contributed by atoms with Crippen molar-refractivity contribution < 1.29 is 29.0 Å². The Labute approximate surface area is 285 Å². The van der Waals surface area contributed by atoms with E-state index in [2.05, 4.69) is 12.0 Å². The molecule has 0 radical (unpaired) electrons. The Morgan fingerprint density at radius 1 is 0.894 bits per heavy atom. The summed E-state index contributed by atoms with van der Waals surface area (Å²) in [6.07, 6.45) is 13.7. The number of hydrazone groups is 1. The molecule has 47 heavy (non-hydrogen) atoms. The second-order valence-corrected chi connectivity index (χ2v) is 13.9. The minimum absolute atomic E-state index is 0.254. The molecule has 2 aromatic carbocycles. The van der Waals surface area contributed by atoms with Gasteiger partial charge < -0.3 is 14.6 Å². The van der Waals surface area contributed by atoms with Crippen molar-refractivity contribution in [3.63, 3.8) is 0 Å². The second-order valence-electron chi connectivity index (χ2n) is 12.8. The largest absolute Gasteiger partial charge is 0.462 e. The monoisotopic (exact) mass is 664 g/mol. The van der Waals surface area contributed by atoms with Gasteiger partial charge in [0, 0.05) is 5.75 Å². The Balaban J connectivity index is 1.32. The fraction of sp³-hybridized carbons (Fsp3) is 0.526. The topological polar surface area (TPSA) is 106 Å². The molecule has 0 aliphatic carbocycles. The zero-order valence-corrected chi connectivity index (χ0v) is 29.4. The van der Waals surface area contributed by atoms with Crippen LogP contribution in [0.15, 0.2) is 65.3 Å². The average Bonchev–Trinajstić information content (AvgIpc) is 3.35. The van der Waals surface area contributed by atoms with Crippen molar-refractivity contribution in [1.29, 1.82) is 0 Å². The van der Waals surface area contributed by atoms with Gasteiger partial charge in [-0.1, -0.05) is 95.0 Å². The average molecular weight is 665 g/mol. The highest BCUT2D eigenvalue weighted by Crippen LogP contribution is 2.26. The minimum atomic E-state index is -1.15. The number of ether oxygens (including phenoxy) is 2. The summed E-state index contributed by atoms with van der Waals surface area (Å²) in [5.41, 5.74) is 2.09. The van der Waals surface area contributed by atoms with Crippen molar-refractivity contribution >= 4 is 47.1 Å². The maximum absolute atomic E-state index is 13.0. The lowest BCUT2D eigenvalue weighted by Crippen LogP contribution is -2.33. The number of carbonyl (C=O) groups is 3. The van der Waals surface area contributed by atoms with E-state index >= 15 is 0 Å². The van der Waals surface area contributed by atoms with Gasteiger partial charge in [0.2, 0.25) is 0 Å². The maximum atomic E-state index is 13.0. The molecule has 0 fully saturated rings. The molecular formula is C38H52N2O6S. The molecule has 0 spiro atoms. The standard InChI is InChI=1S/C38H52N2O6S/c1-5-6-7-8-9-10-11-12-13-17-24-47-28-38(3,4)37(44)46-27-33(41)26-45-36(43)31-20-22-32(23-21-31)40-35(42)34(29(2)39-40)25-30-18-15-14-16-19-30/h14-16,18-23,25,33,41H,5-13,17,24,26-28H2,1-4H3/b34-25-. The number of thioether (sulfide) groups is 1. The summed E-state index contributed by atoms with van der Waals surface area (Å²) < 4.78 is 10.6. The van der Waals surface area contributed by atoms with Gasteiger partial charge in [0.25, 0.3) is 5.91 Å². The number of unbranched alkanes of at least 4 members (excludes halogenated alkanes) is 9. The first-order chi connectivity index (χ1) is 22.6. The number of esters is 2. The highest BCUT2D eigenvalue weighted by Gasteiger charge is 2.30. The van der Waals surface area contributed by atoms with Crippen molar-refractivity contribution in [2.75, 3.05) is 29.7 Å². The maximum Gasteiger partial charge on any atom is 0.338 e. The number of hydrogen-bond donors (Lipinski definition) is 1. The molecular weight excluding hydrogens is 612 g/mol. The smallest absolute Gasteiger partial charge is 0.338 e. The van der Waals surface area contributed by atoms with Crippen LogP contribution < -0.4 is 5.01 Å². The van der Waals surface area contributed by atoms with Crippen LogP contribution in [0.1, 0.15) is 108 Å². The first-order valence-corrected chi connectivity index (χ1v) is 18.1. The second kappa shape index (κ2) is 20.1. The lowest BCUT2D eigenvalue weighted by molar-refractivity contribution is -0.156. The number of aliphatic hydroxyl groups is 1. The number of anilines is 1. The van der Waals surface area contributed by atoms with Crippen LogP contribution in [0.2, 0.25) is 0 Å². The molecule has 1 heterocycles. The van der Waals surface area contributed by atoms with E-state index < -0.39 is 17.5 Å². The van der Waals surface area contributed by atoms with Gasteiger partial charge in [0.05, 0.1) is 28.0 Å². The third-order valence-corrected chi connectivity index (χ3v) is 9.50. The molecule has 0 bridgehead atoms. The molecule has 0 saturated heterocycles. The molecule has 1 aliphatic heterocycles. The van der Waals surface area contributed by atoms with Crippen LogP contribution in [0, 0.1) is 5.41 Å².